The van der Waals surface area contributed by atoms with Crippen LogP contribution in [0, 0.1) is 17.8 Å². The number of carbonyl (C=O) groups is 1. The molecule has 0 aromatic carbocycles. The predicted octanol–water partition coefficient (Wildman–Crippen LogP) is 2.94. The number of rotatable bonds is 5. The van der Waals surface area contributed by atoms with Crippen molar-refractivity contribution in [3.63, 3.8) is 0 Å². The van der Waals surface area contributed by atoms with E-state index in [1.165, 1.54) is 0 Å². The number of nitrogens with zero attached hydrogens (tertiary/aromatic N) is 1. The van der Waals surface area contributed by atoms with Gasteiger partial charge in [-0.3, -0.25) is 4.79 Å². The highest BCUT2D eigenvalue weighted by Gasteiger charge is 2.43. The number of amides is 1. The topological polar surface area (TPSA) is 46.3 Å². The van der Waals surface area contributed by atoms with Crippen molar-refractivity contribution < 1.29 is 18.0 Å². The Morgan fingerprint density at radius 2 is 1.86 bits per heavy atom. The lowest BCUT2D eigenvalue weighted by molar-refractivity contribution is -0.170. The maximum atomic E-state index is 12.8. The van der Waals surface area contributed by atoms with Crippen LogP contribution in [0.1, 0.15) is 45.4 Å². The molecule has 0 aromatic heterocycles. The van der Waals surface area contributed by atoms with E-state index in [-0.39, 0.29) is 29.7 Å². The summed E-state index contributed by atoms with van der Waals surface area (Å²) < 4.78 is 38.5. The summed E-state index contributed by atoms with van der Waals surface area (Å²) in [4.78, 5) is 13.8. The van der Waals surface area contributed by atoms with E-state index in [0.717, 1.165) is 37.0 Å². The molecule has 3 atom stereocenters. The lowest BCUT2D eigenvalue weighted by Crippen LogP contribution is -2.50. The molecule has 2 N–H and O–H groups in total. The second-order valence-corrected chi connectivity index (χ2v) is 6.55. The number of halogens is 3. The molecular weight excluding hydrogens is 281 g/mol. The van der Waals surface area contributed by atoms with Gasteiger partial charge in [0.15, 0.2) is 0 Å². The third-order valence-corrected chi connectivity index (χ3v) is 4.96. The molecule has 2 saturated carbocycles. The summed E-state index contributed by atoms with van der Waals surface area (Å²) in [6.45, 7) is 1.01. The highest BCUT2D eigenvalue weighted by atomic mass is 19.4. The van der Waals surface area contributed by atoms with Gasteiger partial charge in [-0.1, -0.05) is 12.8 Å². The standard InChI is InChI=1S/C15H25F3N2O/c1-10(11-6-7-11)20(9-15(16,17)18)14(21)13-5-3-2-4-12(13)8-19/h10-13H,2-9,19H2,1H3. The van der Waals surface area contributed by atoms with Crippen LogP contribution in [0.2, 0.25) is 0 Å². The van der Waals surface area contributed by atoms with Gasteiger partial charge >= 0.3 is 6.18 Å². The summed E-state index contributed by atoms with van der Waals surface area (Å²) >= 11 is 0. The van der Waals surface area contributed by atoms with Gasteiger partial charge in [0.2, 0.25) is 5.91 Å². The molecule has 2 fully saturated rings. The Kier molecular flexibility index (Phi) is 5.17. The second-order valence-electron chi connectivity index (χ2n) is 6.55. The lowest BCUT2D eigenvalue weighted by atomic mass is 9.78. The SMILES string of the molecule is CC(C1CC1)N(CC(F)(F)F)C(=O)C1CCCCC1CN. The van der Waals surface area contributed by atoms with Crippen LogP contribution < -0.4 is 5.73 Å². The molecule has 3 nitrogen and oxygen atoms in total. The molecule has 2 rings (SSSR count). The molecule has 0 heterocycles. The number of nitrogens with two attached hydrogens (primary N) is 1. The Bertz CT molecular complexity index is 368. The monoisotopic (exact) mass is 306 g/mol. The molecule has 0 bridgehead atoms. The zero-order chi connectivity index (χ0) is 15.6. The summed E-state index contributed by atoms with van der Waals surface area (Å²) in [5.74, 6) is -0.390. The summed E-state index contributed by atoms with van der Waals surface area (Å²) in [5.41, 5.74) is 5.71. The molecule has 0 aliphatic heterocycles. The Balaban J connectivity index is 2.11. The summed E-state index contributed by atoms with van der Waals surface area (Å²) in [5, 5.41) is 0. The maximum Gasteiger partial charge on any atom is 0.406 e. The van der Waals surface area contributed by atoms with Gasteiger partial charge in [-0.15, -0.1) is 0 Å². The lowest BCUT2D eigenvalue weighted by Gasteiger charge is -2.37. The van der Waals surface area contributed by atoms with E-state index >= 15 is 0 Å². The van der Waals surface area contributed by atoms with Crippen molar-refractivity contribution in [2.24, 2.45) is 23.5 Å². The Labute approximate surface area is 124 Å². The molecule has 2 aliphatic rings. The minimum atomic E-state index is -4.34. The van der Waals surface area contributed by atoms with Crippen LogP contribution in [-0.4, -0.2) is 36.1 Å². The quantitative estimate of drug-likeness (QED) is 0.849. The zero-order valence-corrected chi connectivity index (χ0v) is 12.5. The van der Waals surface area contributed by atoms with Crippen LogP contribution >= 0.6 is 0 Å². The first-order chi connectivity index (χ1) is 9.83. The van der Waals surface area contributed by atoms with E-state index in [9.17, 15) is 18.0 Å². The van der Waals surface area contributed by atoms with Crippen LogP contribution in [-0.2, 0) is 4.79 Å². The van der Waals surface area contributed by atoms with Gasteiger partial charge in [0, 0.05) is 12.0 Å². The molecule has 1 amide bonds. The molecule has 0 saturated heterocycles. The predicted molar refractivity (Wildman–Crippen MR) is 74.5 cm³/mol. The molecule has 6 heteroatoms. The molecule has 3 unspecified atom stereocenters. The largest absolute Gasteiger partial charge is 0.406 e. The molecule has 2 aliphatic carbocycles. The van der Waals surface area contributed by atoms with Crippen LogP contribution in [0.5, 0.6) is 0 Å². The maximum absolute atomic E-state index is 12.8. The number of carbonyl (C=O) groups excluding carboxylic acids is 1. The van der Waals surface area contributed by atoms with Crippen molar-refractivity contribution in [1.82, 2.24) is 4.90 Å². The van der Waals surface area contributed by atoms with Crippen LogP contribution in [0.25, 0.3) is 0 Å². The van der Waals surface area contributed by atoms with E-state index in [0.29, 0.717) is 13.0 Å². The van der Waals surface area contributed by atoms with Gasteiger partial charge in [0.1, 0.15) is 6.54 Å². The third-order valence-electron chi connectivity index (χ3n) is 4.96. The second kappa shape index (κ2) is 6.55. The fourth-order valence-electron chi connectivity index (χ4n) is 3.48. The highest BCUT2D eigenvalue weighted by molar-refractivity contribution is 5.79. The van der Waals surface area contributed by atoms with Gasteiger partial charge < -0.3 is 10.6 Å². The van der Waals surface area contributed by atoms with Gasteiger partial charge in [-0.2, -0.15) is 13.2 Å². The summed E-state index contributed by atoms with van der Waals surface area (Å²) in [6, 6.07) is -0.320. The Hall–Kier alpha value is -0.780. The van der Waals surface area contributed by atoms with Crippen molar-refractivity contribution in [3.8, 4) is 0 Å². The first-order valence-corrected chi connectivity index (χ1v) is 7.90. The zero-order valence-electron chi connectivity index (χ0n) is 12.5. The summed E-state index contributed by atoms with van der Waals surface area (Å²) in [7, 11) is 0. The van der Waals surface area contributed by atoms with Crippen LogP contribution in [0.4, 0.5) is 13.2 Å². The van der Waals surface area contributed by atoms with E-state index in [2.05, 4.69) is 0 Å². The van der Waals surface area contributed by atoms with Crippen LogP contribution in [0.15, 0.2) is 0 Å². The number of hydrogen-bond acceptors (Lipinski definition) is 2. The molecule has 0 spiro atoms. The average molecular weight is 306 g/mol. The normalized spacial score (nSPS) is 28.2. The average Bonchev–Trinajstić information content (AvgIpc) is 3.27. The van der Waals surface area contributed by atoms with E-state index < -0.39 is 12.7 Å². The first-order valence-electron chi connectivity index (χ1n) is 7.90. The molecule has 21 heavy (non-hydrogen) atoms. The van der Waals surface area contributed by atoms with Crippen LogP contribution in [0.3, 0.4) is 0 Å². The number of hydrogen-bond donors (Lipinski definition) is 1. The fraction of sp³-hybridized carbons (Fsp3) is 0.933. The molecule has 0 aromatic rings. The van der Waals surface area contributed by atoms with Gasteiger partial charge in [-0.05, 0) is 51.0 Å². The van der Waals surface area contributed by atoms with Crippen molar-refractivity contribution in [3.05, 3.63) is 0 Å². The molecular formula is C15H25F3N2O. The Morgan fingerprint density at radius 1 is 1.24 bits per heavy atom. The van der Waals surface area contributed by atoms with Crippen molar-refractivity contribution >= 4 is 5.91 Å². The summed E-state index contributed by atoms with van der Waals surface area (Å²) in [6.07, 6.45) is 0.956. The minimum absolute atomic E-state index is 0.0355. The smallest absolute Gasteiger partial charge is 0.330 e. The molecule has 0 radical (unpaired) electrons. The fourth-order valence-corrected chi connectivity index (χ4v) is 3.48. The van der Waals surface area contributed by atoms with Gasteiger partial charge in [0.05, 0.1) is 0 Å². The number of alkyl halides is 3. The molecule has 122 valence electrons. The van der Waals surface area contributed by atoms with Gasteiger partial charge in [-0.25, -0.2) is 0 Å². The minimum Gasteiger partial charge on any atom is -0.330 e. The van der Waals surface area contributed by atoms with E-state index in [1.54, 1.807) is 6.92 Å². The highest BCUT2D eigenvalue weighted by Crippen LogP contribution is 2.38. The van der Waals surface area contributed by atoms with E-state index in [4.69, 9.17) is 5.73 Å². The van der Waals surface area contributed by atoms with E-state index in [1.807, 2.05) is 0 Å². The van der Waals surface area contributed by atoms with Gasteiger partial charge in [0.25, 0.3) is 0 Å². The third kappa shape index (κ3) is 4.34. The van der Waals surface area contributed by atoms with Crippen molar-refractivity contribution in [2.75, 3.05) is 13.1 Å². The van der Waals surface area contributed by atoms with Crippen molar-refractivity contribution in [1.29, 1.82) is 0 Å². The van der Waals surface area contributed by atoms with Crippen molar-refractivity contribution in [2.45, 2.75) is 57.7 Å². The Morgan fingerprint density at radius 3 is 2.38 bits per heavy atom. The first kappa shape index (κ1) is 16.6.